The van der Waals surface area contributed by atoms with Crippen LogP contribution in [-0.2, 0) is 10.0 Å². The summed E-state index contributed by atoms with van der Waals surface area (Å²) in [6.07, 6.45) is 1.49. The van der Waals surface area contributed by atoms with Crippen LogP contribution in [0, 0.1) is 18.3 Å². The Morgan fingerprint density at radius 1 is 1.35 bits per heavy atom. The van der Waals surface area contributed by atoms with Gasteiger partial charge >= 0.3 is 0 Å². The van der Waals surface area contributed by atoms with E-state index in [4.69, 9.17) is 5.26 Å². The molecule has 0 aliphatic heterocycles. The van der Waals surface area contributed by atoms with Crippen molar-refractivity contribution < 1.29 is 8.42 Å². The molecule has 20 heavy (non-hydrogen) atoms. The summed E-state index contributed by atoms with van der Waals surface area (Å²) >= 11 is 3.23. The van der Waals surface area contributed by atoms with Gasteiger partial charge in [-0.2, -0.15) is 5.26 Å². The lowest BCUT2D eigenvalue weighted by atomic mass is 10.2. The number of aryl methyl sites for hydroxylation is 1. The minimum atomic E-state index is -3.79. The topological polar surface area (TPSA) is 82.8 Å². The molecule has 1 heterocycles. The Labute approximate surface area is 125 Å². The van der Waals surface area contributed by atoms with Crippen molar-refractivity contribution in [1.82, 2.24) is 4.98 Å². The van der Waals surface area contributed by atoms with Gasteiger partial charge < -0.3 is 0 Å². The number of rotatable bonds is 3. The van der Waals surface area contributed by atoms with Crippen molar-refractivity contribution in [3.05, 3.63) is 52.1 Å². The summed E-state index contributed by atoms with van der Waals surface area (Å²) in [5.74, 6) is 0.203. The third-order valence-electron chi connectivity index (χ3n) is 2.60. The first-order valence-electron chi connectivity index (χ1n) is 5.58. The Morgan fingerprint density at radius 2 is 2.10 bits per heavy atom. The van der Waals surface area contributed by atoms with E-state index in [1.165, 1.54) is 12.3 Å². The summed E-state index contributed by atoms with van der Waals surface area (Å²) in [5.41, 5.74) is 0.847. The van der Waals surface area contributed by atoms with Crippen LogP contribution >= 0.6 is 15.9 Å². The van der Waals surface area contributed by atoms with Gasteiger partial charge in [-0.05, 0) is 52.7 Å². The molecule has 7 heteroatoms. The predicted octanol–water partition coefficient (Wildman–Crippen LogP) is 2.83. The standard InChI is InChI=1S/C13H10BrN3O2S/c1-9-4-5-10(8-15)7-12(9)20(18,19)17-13-11(14)3-2-6-16-13/h2-7H,1H3,(H,16,17). The molecule has 0 spiro atoms. The van der Waals surface area contributed by atoms with Crippen LogP contribution in [0.25, 0.3) is 0 Å². The first kappa shape index (κ1) is 14.5. The Balaban J connectivity index is 2.47. The Bertz CT molecular complexity index is 798. The van der Waals surface area contributed by atoms with Crippen molar-refractivity contribution >= 4 is 31.8 Å². The monoisotopic (exact) mass is 351 g/mol. The highest BCUT2D eigenvalue weighted by molar-refractivity contribution is 9.10. The summed E-state index contributed by atoms with van der Waals surface area (Å²) in [5, 5.41) is 8.87. The summed E-state index contributed by atoms with van der Waals surface area (Å²) < 4.78 is 27.7. The van der Waals surface area contributed by atoms with Crippen molar-refractivity contribution in [3.63, 3.8) is 0 Å². The van der Waals surface area contributed by atoms with Crippen molar-refractivity contribution in [2.24, 2.45) is 0 Å². The third-order valence-corrected chi connectivity index (χ3v) is 4.72. The number of sulfonamides is 1. The maximum Gasteiger partial charge on any atom is 0.263 e. The van der Waals surface area contributed by atoms with Gasteiger partial charge in [0, 0.05) is 6.20 Å². The smallest absolute Gasteiger partial charge is 0.262 e. The molecule has 5 nitrogen and oxygen atoms in total. The number of nitrogens with one attached hydrogen (secondary N) is 1. The number of nitrogens with zero attached hydrogens (tertiary/aromatic N) is 2. The number of hydrogen-bond acceptors (Lipinski definition) is 4. The predicted molar refractivity (Wildman–Crippen MR) is 78.6 cm³/mol. The highest BCUT2D eigenvalue weighted by Gasteiger charge is 2.19. The molecule has 0 radical (unpaired) electrons. The van der Waals surface area contributed by atoms with Crippen LogP contribution in [-0.4, -0.2) is 13.4 Å². The van der Waals surface area contributed by atoms with Crippen molar-refractivity contribution in [2.45, 2.75) is 11.8 Å². The van der Waals surface area contributed by atoms with Crippen molar-refractivity contribution in [3.8, 4) is 6.07 Å². The second-order valence-electron chi connectivity index (χ2n) is 4.03. The van der Waals surface area contributed by atoms with E-state index in [0.29, 0.717) is 10.0 Å². The summed E-state index contributed by atoms with van der Waals surface area (Å²) in [6.45, 7) is 1.67. The average Bonchev–Trinajstić information content (AvgIpc) is 2.41. The number of nitriles is 1. The minimum Gasteiger partial charge on any atom is -0.262 e. The molecule has 0 saturated heterocycles. The zero-order valence-electron chi connectivity index (χ0n) is 10.5. The Kier molecular flexibility index (Phi) is 4.06. The van der Waals surface area contributed by atoms with Gasteiger partial charge in [0.2, 0.25) is 0 Å². The van der Waals surface area contributed by atoms with Gasteiger partial charge in [-0.1, -0.05) is 6.07 Å². The van der Waals surface area contributed by atoms with Crippen LogP contribution in [0.4, 0.5) is 5.82 Å². The van der Waals surface area contributed by atoms with Gasteiger partial charge in [0.25, 0.3) is 10.0 Å². The molecule has 0 saturated carbocycles. The van der Waals surface area contributed by atoms with Gasteiger partial charge in [0.05, 0.1) is 21.0 Å². The van der Waals surface area contributed by atoms with Crippen molar-refractivity contribution in [2.75, 3.05) is 4.72 Å². The molecule has 0 atom stereocenters. The molecule has 0 bridgehead atoms. The average molecular weight is 352 g/mol. The van der Waals surface area contributed by atoms with Gasteiger partial charge in [-0.3, -0.25) is 4.72 Å². The second-order valence-corrected chi connectivity index (χ2v) is 6.54. The fourth-order valence-electron chi connectivity index (χ4n) is 1.60. The molecule has 2 rings (SSSR count). The van der Waals surface area contributed by atoms with E-state index in [0.717, 1.165) is 0 Å². The zero-order chi connectivity index (χ0) is 14.8. The first-order chi connectivity index (χ1) is 9.44. The van der Waals surface area contributed by atoms with E-state index < -0.39 is 10.0 Å². The van der Waals surface area contributed by atoms with Crippen molar-refractivity contribution in [1.29, 1.82) is 5.26 Å². The Morgan fingerprint density at radius 3 is 2.75 bits per heavy atom. The van der Waals surface area contributed by atoms with Gasteiger partial charge in [-0.15, -0.1) is 0 Å². The van der Waals surface area contributed by atoms with E-state index in [1.54, 1.807) is 31.2 Å². The van der Waals surface area contributed by atoms with Crippen LogP contribution < -0.4 is 4.72 Å². The lowest BCUT2D eigenvalue weighted by molar-refractivity contribution is 0.600. The molecule has 0 aliphatic rings. The molecule has 0 amide bonds. The second kappa shape index (κ2) is 5.61. The lowest BCUT2D eigenvalue weighted by Gasteiger charge is -2.10. The maximum atomic E-state index is 12.4. The summed E-state index contributed by atoms with van der Waals surface area (Å²) in [4.78, 5) is 4.02. The van der Waals surface area contributed by atoms with Crippen LogP contribution in [0.5, 0.6) is 0 Å². The number of hydrogen-bond donors (Lipinski definition) is 1. The van der Waals surface area contributed by atoms with E-state index in [-0.39, 0.29) is 16.3 Å². The quantitative estimate of drug-likeness (QED) is 0.921. The van der Waals surface area contributed by atoms with E-state index in [2.05, 4.69) is 25.6 Å². The number of aromatic nitrogens is 1. The molecule has 2 aromatic rings. The highest BCUT2D eigenvalue weighted by Crippen LogP contribution is 2.24. The first-order valence-corrected chi connectivity index (χ1v) is 7.86. The summed E-state index contributed by atoms with van der Waals surface area (Å²) in [7, 11) is -3.79. The van der Waals surface area contributed by atoms with E-state index >= 15 is 0 Å². The molecule has 0 fully saturated rings. The highest BCUT2D eigenvalue weighted by atomic mass is 79.9. The SMILES string of the molecule is Cc1ccc(C#N)cc1S(=O)(=O)Nc1ncccc1Br. The fourth-order valence-corrected chi connectivity index (χ4v) is 3.39. The van der Waals surface area contributed by atoms with Crippen LogP contribution in [0.3, 0.4) is 0 Å². The Hall–Kier alpha value is -1.91. The molecule has 0 aliphatic carbocycles. The number of halogens is 1. The molecule has 0 unspecified atom stereocenters. The molecule has 1 aromatic heterocycles. The molecular weight excluding hydrogens is 342 g/mol. The molecule has 1 aromatic carbocycles. The van der Waals surface area contributed by atoms with Gasteiger partial charge in [-0.25, -0.2) is 13.4 Å². The minimum absolute atomic E-state index is 0.0640. The largest absolute Gasteiger partial charge is 0.263 e. The van der Waals surface area contributed by atoms with E-state index in [9.17, 15) is 8.42 Å². The molecular formula is C13H10BrN3O2S. The maximum absolute atomic E-state index is 12.4. The van der Waals surface area contributed by atoms with Gasteiger partial charge in [0.15, 0.2) is 5.82 Å². The van der Waals surface area contributed by atoms with Crippen LogP contribution in [0.2, 0.25) is 0 Å². The molecule has 1 N–H and O–H groups in total. The van der Waals surface area contributed by atoms with E-state index in [1.807, 2.05) is 6.07 Å². The number of pyridine rings is 1. The fraction of sp³-hybridized carbons (Fsp3) is 0.0769. The van der Waals surface area contributed by atoms with Crippen LogP contribution in [0.1, 0.15) is 11.1 Å². The molecule has 102 valence electrons. The third kappa shape index (κ3) is 2.98. The zero-order valence-corrected chi connectivity index (χ0v) is 12.9. The lowest BCUT2D eigenvalue weighted by Crippen LogP contribution is -2.15. The van der Waals surface area contributed by atoms with Crippen LogP contribution in [0.15, 0.2) is 45.9 Å². The van der Waals surface area contributed by atoms with Gasteiger partial charge in [0.1, 0.15) is 0 Å². The summed E-state index contributed by atoms with van der Waals surface area (Å²) in [6, 6.07) is 9.81. The number of anilines is 1. The normalized spacial score (nSPS) is 10.8. The number of benzene rings is 1.